The van der Waals surface area contributed by atoms with Crippen molar-refractivity contribution in [3.05, 3.63) is 17.7 Å². The molecule has 0 aliphatic carbocycles. The highest BCUT2D eigenvalue weighted by molar-refractivity contribution is 5.14. The molecule has 100 valence electrons. The van der Waals surface area contributed by atoms with E-state index in [9.17, 15) is 5.11 Å². The zero-order valence-corrected chi connectivity index (χ0v) is 11.3. The summed E-state index contributed by atoms with van der Waals surface area (Å²) in [7, 11) is 0. The van der Waals surface area contributed by atoms with Gasteiger partial charge in [-0.15, -0.1) is 0 Å². The number of aryl methyl sites for hydroxylation is 1. The number of hydrogen-bond donors (Lipinski definition) is 1. The molecule has 0 amide bonds. The first kappa shape index (κ1) is 12.2. The molecule has 0 aromatic carbocycles. The highest BCUT2D eigenvalue weighted by atomic mass is 16.3. The Hall–Kier alpha value is -0.870. The molecule has 2 aliphatic heterocycles. The Kier molecular flexibility index (Phi) is 3.16. The number of fused-ring (bicyclic) bond motifs is 1. The maximum Gasteiger partial charge on any atom is 0.137 e. The van der Waals surface area contributed by atoms with Gasteiger partial charge in [-0.1, -0.05) is 0 Å². The predicted octanol–water partition coefficient (Wildman–Crippen LogP) is 1.91. The number of aliphatic hydroxyl groups excluding tert-OH is 1. The number of likely N-dealkylation sites (tertiary alicyclic amines) is 1. The quantitative estimate of drug-likeness (QED) is 0.870. The lowest BCUT2D eigenvalue weighted by Crippen LogP contribution is -2.27. The van der Waals surface area contributed by atoms with Gasteiger partial charge in [0.2, 0.25) is 0 Å². The highest BCUT2D eigenvalue weighted by Gasteiger charge is 2.29. The molecule has 4 nitrogen and oxygen atoms in total. The van der Waals surface area contributed by atoms with Crippen molar-refractivity contribution in [1.82, 2.24) is 14.5 Å². The zero-order chi connectivity index (χ0) is 12.7. The second kappa shape index (κ2) is 4.67. The highest BCUT2D eigenvalue weighted by Crippen LogP contribution is 2.31. The van der Waals surface area contributed by atoms with Gasteiger partial charge in [0.25, 0.3) is 0 Å². The Bertz CT molecular complexity index is 427. The summed E-state index contributed by atoms with van der Waals surface area (Å²) in [6, 6.07) is 0.623. The van der Waals surface area contributed by atoms with Crippen molar-refractivity contribution >= 4 is 0 Å². The van der Waals surface area contributed by atoms with Gasteiger partial charge in [-0.2, -0.15) is 0 Å². The van der Waals surface area contributed by atoms with Gasteiger partial charge >= 0.3 is 0 Å². The Morgan fingerprint density at radius 3 is 2.83 bits per heavy atom. The van der Waals surface area contributed by atoms with Gasteiger partial charge in [0, 0.05) is 31.2 Å². The van der Waals surface area contributed by atoms with Crippen molar-refractivity contribution in [3.63, 3.8) is 0 Å². The maximum atomic E-state index is 9.96. The van der Waals surface area contributed by atoms with Crippen LogP contribution < -0.4 is 0 Å². The monoisotopic (exact) mass is 249 g/mol. The van der Waals surface area contributed by atoms with E-state index < -0.39 is 0 Å². The number of imidazole rings is 1. The molecule has 2 atom stereocenters. The SMILES string of the molecule is CC(C)N1CCC(c2cn3c(n2)C(O)CCC3)C1. The van der Waals surface area contributed by atoms with Crippen LogP contribution in [0, 0.1) is 0 Å². The lowest BCUT2D eigenvalue weighted by Gasteiger charge is -2.19. The van der Waals surface area contributed by atoms with Crippen LogP contribution in [-0.4, -0.2) is 38.7 Å². The van der Waals surface area contributed by atoms with Crippen molar-refractivity contribution in [1.29, 1.82) is 0 Å². The first-order chi connectivity index (χ1) is 8.65. The third-order valence-electron chi connectivity index (χ3n) is 4.37. The van der Waals surface area contributed by atoms with Crippen LogP contribution in [0.15, 0.2) is 6.20 Å². The van der Waals surface area contributed by atoms with Crippen molar-refractivity contribution in [2.75, 3.05) is 13.1 Å². The summed E-state index contributed by atoms with van der Waals surface area (Å²) in [6.45, 7) is 7.81. The molecule has 1 N–H and O–H groups in total. The van der Waals surface area contributed by atoms with Crippen LogP contribution in [0.4, 0.5) is 0 Å². The van der Waals surface area contributed by atoms with Crippen molar-refractivity contribution < 1.29 is 5.11 Å². The third kappa shape index (κ3) is 2.08. The average Bonchev–Trinajstić information content (AvgIpc) is 2.95. The molecular weight excluding hydrogens is 226 g/mol. The van der Waals surface area contributed by atoms with Gasteiger partial charge in [-0.3, -0.25) is 0 Å². The molecule has 4 heteroatoms. The van der Waals surface area contributed by atoms with Crippen LogP contribution in [0.2, 0.25) is 0 Å². The fourth-order valence-corrected chi connectivity index (χ4v) is 3.17. The van der Waals surface area contributed by atoms with Gasteiger partial charge < -0.3 is 14.6 Å². The van der Waals surface area contributed by atoms with Gasteiger partial charge in [-0.05, 0) is 39.7 Å². The van der Waals surface area contributed by atoms with Crippen molar-refractivity contribution in [3.8, 4) is 0 Å². The van der Waals surface area contributed by atoms with Crippen LogP contribution in [-0.2, 0) is 6.54 Å². The number of aliphatic hydroxyl groups is 1. The number of aromatic nitrogens is 2. The van der Waals surface area contributed by atoms with Crippen molar-refractivity contribution in [2.45, 2.75) is 57.7 Å². The topological polar surface area (TPSA) is 41.3 Å². The Morgan fingerprint density at radius 1 is 1.33 bits per heavy atom. The fraction of sp³-hybridized carbons (Fsp3) is 0.786. The smallest absolute Gasteiger partial charge is 0.137 e. The van der Waals surface area contributed by atoms with E-state index in [0.717, 1.165) is 31.8 Å². The predicted molar refractivity (Wildman–Crippen MR) is 70.5 cm³/mol. The maximum absolute atomic E-state index is 9.96. The van der Waals surface area contributed by atoms with Crippen LogP contribution >= 0.6 is 0 Å². The zero-order valence-electron chi connectivity index (χ0n) is 11.3. The Balaban J connectivity index is 1.78. The number of nitrogens with zero attached hydrogens (tertiary/aromatic N) is 3. The van der Waals surface area contributed by atoms with E-state index in [1.54, 1.807) is 0 Å². The fourth-order valence-electron chi connectivity index (χ4n) is 3.17. The van der Waals surface area contributed by atoms with E-state index in [1.807, 2.05) is 0 Å². The minimum Gasteiger partial charge on any atom is -0.385 e. The van der Waals surface area contributed by atoms with E-state index in [-0.39, 0.29) is 6.10 Å². The van der Waals surface area contributed by atoms with E-state index in [1.165, 1.54) is 18.7 Å². The van der Waals surface area contributed by atoms with Crippen LogP contribution in [0.3, 0.4) is 0 Å². The molecule has 0 radical (unpaired) electrons. The molecular formula is C14H23N3O. The van der Waals surface area contributed by atoms with Gasteiger partial charge in [0.1, 0.15) is 11.9 Å². The normalized spacial score (nSPS) is 28.9. The summed E-state index contributed by atoms with van der Waals surface area (Å²) < 4.78 is 2.15. The van der Waals surface area contributed by atoms with Crippen LogP contribution in [0.25, 0.3) is 0 Å². The molecule has 3 heterocycles. The Morgan fingerprint density at radius 2 is 2.17 bits per heavy atom. The average molecular weight is 249 g/mol. The Labute approximate surface area is 109 Å². The molecule has 2 aliphatic rings. The summed E-state index contributed by atoms with van der Waals surface area (Å²) in [4.78, 5) is 7.21. The summed E-state index contributed by atoms with van der Waals surface area (Å²) in [5.74, 6) is 1.44. The van der Waals surface area contributed by atoms with E-state index >= 15 is 0 Å². The van der Waals surface area contributed by atoms with Crippen LogP contribution in [0.1, 0.15) is 56.7 Å². The minimum atomic E-state index is -0.352. The largest absolute Gasteiger partial charge is 0.385 e. The molecule has 2 unspecified atom stereocenters. The summed E-state index contributed by atoms with van der Waals surface area (Å²) >= 11 is 0. The molecule has 3 rings (SSSR count). The lowest BCUT2D eigenvalue weighted by atomic mass is 10.1. The molecule has 0 bridgehead atoms. The van der Waals surface area contributed by atoms with Crippen molar-refractivity contribution in [2.24, 2.45) is 0 Å². The summed E-state index contributed by atoms with van der Waals surface area (Å²) in [6.07, 6.45) is 4.94. The lowest BCUT2D eigenvalue weighted by molar-refractivity contribution is 0.133. The standard InChI is InChI=1S/C14H23N3O/c1-10(2)16-7-5-11(8-16)12-9-17-6-3-4-13(18)14(17)15-12/h9-11,13,18H,3-8H2,1-2H3. The third-order valence-corrected chi connectivity index (χ3v) is 4.37. The van der Waals surface area contributed by atoms with Gasteiger partial charge in [-0.25, -0.2) is 4.98 Å². The number of hydrogen-bond acceptors (Lipinski definition) is 3. The molecule has 1 aromatic rings. The van der Waals surface area contributed by atoms with E-state index in [0.29, 0.717) is 12.0 Å². The molecule has 1 saturated heterocycles. The van der Waals surface area contributed by atoms with E-state index in [4.69, 9.17) is 4.98 Å². The second-order valence-electron chi connectivity index (χ2n) is 5.95. The van der Waals surface area contributed by atoms with Crippen LogP contribution in [0.5, 0.6) is 0 Å². The summed E-state index contributed by atoms with van der Waals surface area (Å²) in [5, 5.41) is 9.96. The van der Waals surface area contributed by atoms with Gasteiger partial charge in [0.15, 0.2) is 0 Å². The van der Waals surface area contributed by atoms with E-state index in [2.05, 4.69) is 29.5 Å². The minimum absolute atomic E-state index is 0.352. The molecule has 18 heavy (non-hydrogen) atoms. The first-order valence-electron chi connectivity index (χ1n) is 7.14. The molecule has 0 spiro atoms. The molecule has 1 aromatic heterocycles. The van der Waals surface area contributed by atoms with Gasteiger partial charge in [0.05, 0.1) is 5.69 Å². The summed E-state index contributed by atoms with van der Waals surface area (Å²) in [5.41, 5.74) is 1.19. The molecule has 0 saturated carbocycles. The first-order valence-corrected chi connectivity index (χ1v) is 7.14. The second-order valence-corrected chi connectivity index (χ2v) is 5.95. The number of rotatable bonds is 2. The molecule has 1 fully saturated rings.